The molecule has 0 unspecified atom stereocenters. The van der Waals surface area contributed by atoms with Gasteiger partial charge in [-0.25, -0.2) is 9.97 Å². The Bertz CT molecular complexity index is 934. The van der Waals surface area contributed by atoms with Crippen LogP contribution in [0.3, 0.4) is 0 Å². The average molecular weight is 381 g/mol. The van der Waals surface area contributed by atoms with Crippen LogP contribution in [0.1, 0.15) is 19.3 Å². The summed E-state index contributed by atoms with van der Waals surface area (Å²) in [4.78, 5) is 11.8. The van der Waals surface area contributed by atoms with Crippen LogP contribution in [0.25, 0.3) is 16.9 Å². The lowest BCUT2D eigenvalue weighted by atomic mass is 10.1. The van der Waals surface area contributed by atoms with Crippen molar-refractivity contribution >= 4 is 11.6 Å². The summed E-state index contributed by atoms with van der Waals surface area (Å²) < 4.78 is 12.8. The van der Waals surface area contributed by atoms with E-state index in [1.165, 1.54) is 32.4 Å². The van der Waals surface area contributed by atoms with E-state index in [2.05, 4.69) is 15.2 Å². The van der Waals surface area contributed by atoms with Crippen LogP contribution >= 0.6 is 0 Å². The average Bonchev–Trinajstić information content (AvgIpc) is 3.23. The first kappa shape index (κ1) is 18.6. The molecule has 1 fully saturated rings. The first-order valence-electron chi connectivity index (χ1n) is 9.81. The summed E-state index contributed by atoms with van der Waals surface area (Å²) in [6, 6.07) is 7.81. The predicted octanol–water partition coefficient (Wildman–Crippen LogP) is 3.31. The lowest BCUT2D eigenvalue weighted by Gasteiger charge is -2.26. The van der Waals surface area contributed by atoms with Crippen LogP contribution < -0.4 is 14.8 Å². The summed E-state index contributed by atoms with van der Waals surface area (Å²) in [6.45, 7) is 4.27. The molecule has 0 radical (unpaired) electrons. The van der Waals surface area contributed by atoms with Gasteiger partial charge < -0.3 is 19.7 Å². The molecule has 0 bridgehead atoms. The third-order valence-corrected chi connectivity index (χ3v) is 5.23. The van der Waals surface area contributed by atoms with Crippen LogP contribution in [-0.2, 0) is 0 Å². The van der Waals surface area contributed by atoms with Crippen LogP contribution in [0, 0.1) is 0 Å². The maximum Gasteiger partial charge on any atom is 0.209 e. The standard InChI is InChI=1S/C21H27N5O2/c1-27-18-7-6-16(14-19(18)28-2)17-15-20-22-9-13-26(20)21(24-17)23-8-12-25-10-4-3-5-11-25/h6-7,9,13-15H,3-5,8,10-12H2,1-2H3,(H,23,24). The van der Waals surface area contributed by atoms with Gasteiger partial charge in [0.1, 0.15) is 5.65 Å². The molecule has 28 heavy (non-hydrogen) atoms. The van der Waals surface area contributed by atoms with Gasteiger partial charge in [-0.3, -0.25) is 4.40 Å². The second kappa shape index (κ2) is 8.48. The number of fused-ring (bicyclic) bond motifs is 1. The summed E-state index contributed by atoms with van der Waals surface area (Å²) in [5, 5.41) is 3.50. The zero-order chi connectivity index (χ0) is 19.3. The van der Waals surface area contributed by atoms with Gasteiger partial charge in [-0.15, -0.1) is 0 Å². The highest BCUT2D eigenvalue weighted by Crippen LogP contribution is 2.32. The summed E-state index contributed by atoms with van der Waals surface area (Å²) in [6.07, 6.45) is 7.70. The molecule has 4 rings (SSSR count). The zero-order valence-electron chi connectivity index (χ0n) is 16.5. The first-order valence-corrected chi connectivity index (χ1v) is 9.81. The predicted molar refractivity (Wildman–Crippen MR) is 110 cm³/mol. The normalized spacial score (nSPS) is 14.9. The third-order valence-electron chi connectivity index (χ3n) is 5.23. The van der Waals surface area contributed by atoms with E-state index in [9.17, 15) is 0 Å². The van der Waals surface area contributed by atoms with Crippen molar-refractivity contribution in [1.29, 1.82) is 0 Å². The highest BCUT2D eigenvalue weighted by Gasteiger charge is 2.13. The Balaban J connectivity index is 1.58. The second-order valence-corrected chi connectivity index (χ2v) is 7.02. The van der Waals surface area contributed by atoms with Gasteiger partial charge in [-0.1, -0.05) is 6.42 Å². The summed E-state index contributed by atoms with van der Waals surface area (Å²) in [7, 11) is 3.27. The number of nitrogens with one attached hydrogen (secondary N) is 1. The highest BCUT2D eigenvalue weighted by atomic mass is 16.5. The number of likely N-dealkylation sites (tertiary alicyclic amines) is 1. The molecule has 148 valence electrons. The number of benzene rings is 1. The van der Waals surface area contributed by atoms with Crippen LogP contribution in [0.5, 0.6) is 11.5 Å². The number of methoxy groups -OCH3 is 2. The van der Waals surface area contributed by atoms with Crippen LogP contribution in [0.2, 0.25) is 0 Å². The van der Waals surface area contributed by atoms with Gasteiger partial charge in [0.25, 0.3) is 0 Å². The van der Waals surface area contributed by atoms with Gasteiger partial charge in [0.2, 0.25) is 5.95 Å². The monoisotopic (exact) mass is 381 g/mol. The molecule has 0 atom stereocenters. The molecule has 0 spiro atoms. The van der Waals surface area contributed by atoms with E-state index in [4.69, 9.17) is 14.5 Å². The molecule has 3 aromatic rings. The van der Waals surface area contributed by atoms with Gasteiger partial charge in [0.15, 0.2) is 11.5 Å². The molecule has 1 aromatic carbocycles. The Labute approximate surface area is 165 Å². The summed E-state index contributed by atoms with van der Waals surface area (Å²) in [5.41, 5.74) is 2.67. The molecule has 1 aliphatic rings. The molecule has 0 aliphatic carbocycles. The van der Waals surface area contributed by atoms with Crippen molar-refractivity contribution in [2.24, 2.45) is 0 Å². The smallest absolute Gasteiger partial charge is 0.209 e. The molecule has 1 saturated heterocycles. The molecule has 3 heterocycles. The van der Waals surface area contributed by atoms with Crippen molar-refractivity contribution in [3.63, 3.8) is 0 Å². The van der Waals surface area contributed by atoms with E-state index >= 15 is 0 Å². The molecule has 0 saturated carbocycles. The van der Waals surface area contributed by atoms with E-state index in [1.807, 2.05) is 34.9 Å². The molecule has 1 N–H and O–H groups in total. The molecule has 1 aliphatic heterocycles. The second-order valence-electron chi connectivity index (χ2n) is 7.02. The van der Waals surface area contributed by atoms with E-state index in [0.717, 1.165) is 35.9 Å². The molecule has 7 nitrogen and oxygen atoms in total. The molecule has 2 aromatic heterocycles. The lowest BCUT2D eigenvalue weighted by Crippen LogP contribution is -2.34. The Kier molecular flexibility index (Phi) is 5.62. The van der Waals surface area contributed by atoms with Crippen LogP contribution in [0.15, 0.2) is 36.7 Å². The van der Waals surface area contributed by atoms with Crippen molar-refractivity contribution in [1.82, 2.24) is 19.3 Å². The number of anilines is 1. The quantitative estimate of drug-likeness (QED) is 0.677. The number of piperidine rings is 1. The number of ether oxygens (including phenoxy) is 2. The number of hydrogen-bond donors (Lipinski definition) is 1. The fraction of sp³-hybridized carbons (Fsp3) is 0.429. The number of hydrogen-bond acceptors (Lipinski definition) is 6. The van der Waals surface area contributed by atoms with Gasteiger partial charge in [0.05, 0.1) is 19.9 Å². The van der Waals surface area contributed by atoms with Crippen molar-refractivity contribution < 1.29 is 9.47 Å². The van der Waals surface area contributed by atoms with Gasteiger partial charge in [-0.2, -0.15) is 0 Å². The molecule has 0 amide bonds. The minimum atomic E-state index is 0.685. The van der Waals surface area contributed by atoms with Crippen LogP contribution in [-0.4, -0.2) is 59.7 Å². The Hall–Kier alpha value is -2.80. The minimum absolute atomic E-state index is 0.685. The van der Waals surface area contributed by atoms with E-state index in [-0.39, 0.29) is 0 Å². The minimum Gasteiger partial charge on any atom is -0.493 e. The number of nitrogens with zero attached hydrogens (tertiary/aromatic N) is 4. The maximum atomic E-state index is 5.44. The zero-order valence-corrected chi connectivity index (χ0v) is 16.5. The van der Waals surface area contributed by atoms with Gasteiger partial charge in [-0.05, 0) is 44.1 Å². The van der Waals surface area contributed by atoms with Gasteiger partial charge >= 0.3 is 0 Å². The largest absolute Gasteiger partial charge is 0.493 e. The highest BCUT2D eigenvalue weighted by molar-refractivity contribution is 5.68. The number of rotatable bonds is 7. The number of imidazole rings is 1. The first-order chi connectivity index (χ1) is 13.8. The van der Waals surface area contributed by atoms with E-state index in [0.29, 0.717) is 11.5 Å². The Morgan fingerprint density at radius 1 is 1.04 bits per heavy atom. The summed E-state index contributed by atoms with van der Waals surface area (Å²) >= 11 is 0. The molecular formula is C21H27N5O2. The van der Waals surface area contributed by atoms with Crippen molar-refractivity contribution in [3.8, 4) is 22.8 Å². The third kappa shape index (κ3) is 3.89. The van der Waals surface area contributed by atoms with Crippen molar-refractivity contribution in [2.75, 3.05) is 45.7 Å². The fourth-order valence-electron chi connectivity index (χ4n) is 3.70. The SMILES string of the molecule is COc1ccc(-c2cc3nccn3c(NCCN3CCCCC3)n2)cc1OC. The molecule has 7 heteroatoms. The summed E-state index contributed by atoms with van der Waals surface area (Å²) in [5.74, 6) is 2.19. The number of aromatic nitrogens is 3. The Morgan fingerprint density at radius 3 is 2.64 bits per heavy atom. The topological polar surface area (TPSA) is 63.9 Å². The van der Waals surface area contributed by atoms with Crippen molar-refractivity contribution in [3.05, 3.63) is 36.7 Å². The Morgan fingerprint density at radius 2 is 1.86 bits per heavy atom. The van der Waals surface area contributed by atoms with Crippen LogP contribution in [0.4, 0.5) is 5.95 Å². The molecular weight excluding hydrogens is 354 g/mol. The van der Waals surface area contributed by atoms with E-state index < -0.39 is 0 Å². The van der Waals surface area contributed by atoms with Gasteiger partial charge in [0, 0.05) is 37.1 Å². The fourth-order valence-corrected chi connectivity index (χ4v) is 3.70. The maximum absolute atomic E-state index is 5.44. The van der Waals surface area contributed by atoms with E-state index in [1.54, 1.807) is 20.4 Å². The van der Waals surface area contributed by atoms with Crippen molar-refractivity contribution in [2.45, 2.75) is 19.3 Å². The lowest BCUT2D eigenvalue weighted by molar-refractivity contribution is 0.237.